The predicted molar refractivity (Wildman–Crippen MR) is 120 cm³/mol. The van der Waals surface area contributed by atoms with E-state index in [1.54, 1.807) is 22.6 Å². The standard InChI is InChI=1S/C23H26N4O2S/c1-3-16-7-4-6-15(2)22(16)27-13-17(12-20(27)28)23(29)24-10-9-18-21(26-14-25-18)19-8-5-11-30-19/h4-8,11,14,17H,3,9-10,12-13H2,1-2H3,(H,24,29)(H,25,26). The number of hydrogen-bond donors (Lipinski definition) is 2. The highest BCUT2D eigenvalue weighted by Gasteiger charge is 2.36. The van der Waals surface area contributed by atoms with Crippen LogP contribution in [0.25, 0.3) is 10.6 Å². The van der Waals surface area contributed by atoms with Gasteiger partial charge >= 0.3 is 0 Å². The van der Waals surface area contributed by atoms with Gasteiger partial charge in [-0.25, -0.2) is 4.98 Å². The van der Waals surface area contributed by atoms with Crippen molar-refractivity contribution in [2.45, 2.75) is 33.1 Å². The number of amides is 2. The first-order valence-corrected chi connectivity index (χ1v) is 11.2. The fourth-order valence-electron chi connectivity index (χ4n) is 4.08. The normalized spacial score (nSPS) is 16.3. The summed E-state index contributed by atoms with van der Waals surface area (Å²) in [6.45, 7) is 5.05. The first-order valence-electron chi connectivity index (χ1n) is 10.3. The lowest BCUT2D eigenvalue weighted by Crippen LogP contribution is -2.34. The minimum atomic E-state index is -0.319. The number of thiophene rings is 1. The number of benzene rings is 1. The monoisotopic (exact) mass is 422 g/mol. The van der Waals surface area contributed by atoms with Gasteiger partial charge in [0.15, 0.2) is 0 Å². The number of anilines is 1. The summed E-state index contributed by atoms with van der Waals surface area (Å²) in [5.41, 5.74) is 5.13. The zero-order valence-corrected chi connectivity index (χ0v) is 18.1. The van der Waals surface area contributed by atoms with E-state index in [2.05, 4.69) is 28.3 Å². The molecule has 2 N–H and O–H groups in total. The first kappa shape index (κ1) is 20.3. The number of H-pyrrole nitrogens is 1. The fourth-order valence-corrected chi connectivity index (χ4v) is 4.83. The Morgan fingerprint density at radius 1 is 1.33 bits per heavy atom. The van der Waals surface area contributed by atoms with Crippen LogP contribution in [0.1, 0.15) is 30.2 Å². The number of hydrogen-bond acceptors (Lipinski definition) is 4. The fraction of sp³-hybridized carbons (Fsp3) is 0.348. The molecule has 1 aliphatic rings. The number of rotatable bonds is 7. The lowest BCUT2D eigenvalue weighted by molar-refractivity contribution is -0.126. The molecule has 6 nitrogen and oxygen atoms in total. The van der Waals surface area contributed by atoms with Crippen LogP contribution in [-0.2, 0) is 22.4 Å². The SMILES string of the molecule is CCc1cccc(C)c1N1CC(C(=O)NCCc2[nH]cnc2-c2cccs2)CC1=O. The van der Waals surface area contributed by atoms with Crippen LogP contribution in [0.15, 0.2) is 42.0 Å². The predicted octanol–water partition coefficient (Wildman–Crippen LogP) is 3.72. The number of nitrogens with one attached hydrogen (secondary N) is 2. The molecule has 1 aliphatic heterocycles. The Morgan fingerprint density at radius 3 is 2.97 bits per heavy atom. The van der Waals surface area contributed by atoms with Crippen LogP contribution in [0.3, 0.4) is 0 Å². The van der Waals surface area contributed by atoms with Gasteiger partial charge in [0.1, 0.15) is 5.69 Å². The minimum Gasteiger partial charge on any atom is -0.355 e. The number of aromatic amines is 1. The molecule has 1 aromatic carbocycles. The van der Waals surface area contributed by atoms with E-state index >= 15 is 0 Å². The van der Waals surface area contributed by atoms with Gasteiger partial charge in [0.2, 0.25) is 11.8 Å². The number of aromatic nitrogens is 2. The van der Waals surface area contributed by atoms with Crippen LogP contribution in [0.5, 0.6) is 0 Å². The summed E-state index contributed by atoms with van der Waals surface area (Å²) in [5.74, 6) is -0.359. The zero-order chi connectivity index (χ0) is 21.1. The highest BCUT2D eigenvalue weighted by molar-refractivity contribution is 7.13. The summed E-state index contributed by atoms with van der Waals surface area (Å²) in [6.07, 6.45) is 3.47. The van der Waals surface area contributed by atoms with Gasteiger partial charge in [0, 0.05) is 37.3 Å². The highest BCUT2D eigenvalue weighted by atomic mass is 32.1. The van der Waals surface area contributed by atoms with Crippen molar-refractivity contribution >= 4 is 28.8 Å². The largest absolute Gasteiger partial charge is 0.355 e. The number of para-hydroxylation sites is 1. The molecule has 1 fully saturated rings. The molecule has 2 amide bonds. The van der Waals surface area contributed by atoms with Gasteiger partial charge in [-0.15, -0.1) is 11.3 Å². The number of carbonyl (C=O) groups excluding carboxylic acids is 2. The molecule has 0 bridgehead atoms. The van der Waals surface area contributed by atoms with Gasteiger partial charge in [-0.1, -0.05) is 31.2 Å². The van der Waals surface area contributed by atoms with E-state index in [0.29, 0.717) is 19.5 Å². The van der Waals surface area contributed by atoms with E-state index in [0.717, 1.165) is 39.5 Å². The van der Waals surface area contributed by atoms with Gasteiger partial charge in [-0.3, -0.25) is 9.59 Å². The molecule has 2 aromatic heterocycles. The summed E-state index contributed by atoms with van der Waals surface area (Å²) < 4.78 is 0. The second-order valence-corrected chi connectivity index (χ2v) is 8.54. The second-order valence-electron chi connectivity index (χ2n) is 7.59. The molecule has 0 aliphatic carbocycles. The molecule has 156 valence electrons. The maximum Gasteiger partial charge on any atom is 0.227 e. The smallest absolute Gasteiger partial charge is 0.227 e. The lowest BCUT2D eigenvalue weighted by Gasteiger charge is -2.22. The average molecular weight is 423 g/mol. The Bertz CT molecular complexity index is 1040. The third-order valence-corrected chi connectivity index (χ3v) is 6.49. The molecule has 1 atom stereocenters. The average Bonchev–Trinajstić information content (AvgIpc) is 3.48. The molecular formula is C23H26N4O2S. The molecule has 0 saturated carbocycles. The van der Waals surface area contributed by atoms with E-state index in [4.69, 9.17) is 0 Å². The van der Waals surface area contributed by atoms with Crippen LogP contribution < -0.4 is 10.2 Å². The van der Waals surface area contributed by atoms with Gasteiger partial charge < -0.3 is 15.2 Å². The van der Waals surface area contributed by atoms with Crippen molar-refractivity contribution in [2.75, 3.05) is 18.0 Å². The van der Waals surface area contributed by atoms with Crippen LogP contribution in [0, 0.1) is 12.8 Å². The molecule has 7 heteroatoms. The summed E-state index contributed by atoms with van der Waals surface area (Å²) in [6, 6.07) is 10.1. The maximum absolute atomic E-state index is 12.7. The Kier molecular flexibility index (Phi) is 5.99. The summed E-state index contributed by atoms with van der Waals surface area (Å²) in [5, 5.41) is 5.03. The molecule has 4 rings (SSSR count). The summed E-state index contributed by atoms with van der Waals surface area (Å²) in [7, 11) is 0. The molecule has 0 spiro atoms. The number of nitrogens with zero attached hydrogens (tertiary/aromatic N) is 2. The Balaban J connectivity index is 1.37. The Hall–Kier alpha value is -2.93. The van der Waals surface area contributed by atoms with E-state index in [1.807, 2.05) is 36.6 Å². The van der Waals surface area contributed by atoms with Crippen molar-refractivity contribution in [3.05, 3.63) is 58.9 Å². The van der Waals surface area contributed by atoms with Crippen LogP contribution in [0.2, 0.25) is 0 Å². The van der Waals surface area contributed by atoms with Gasteiger partial charge in [-0.05, 0) is 35.9 Å². The van der Waals surface area contributed by atoms with E-state index < -0.39 is 0 Å². The number of imidazole rings is 1. The third-order valence-electron chi connectivity index (χ3n) is 5.62. The third kappa shape index (κ3) is 4.03. The topological polar surface area (TPSA) is 78.1 Å². The zero-order valence-electron chi connectivity index (χ0n) is 17.3. The van der Waals surface area contributed by atoms with Crippen molar-refractivity contribution in [2.24, 2.45) is 5.92 Å². The van der Waals surface area contributed by atoms with E-state index in [-0.39, 0.29) is 24.2 Å². The van der Waals surface area contributed by atoms with Gasteiger partial charge in [0.05, 0.1) is 17.1 Å². The maximum atomic E-state index is 12.7. The first-order chi connectivity index (χ1) is 14.6. The Morgan fingerprint density at radius 2 is 2.20 bits per heavy atom. The van der Waals surface area contributed by atoms with Gasteiger partial charge in [0.25, 0.3) is 0 Å². The number of carbonyl (C=O) groups is 2. The van der Waals surface area contributed by atoms with Crippen molar-refractivity contribution in [3.63, 3.8) is 0 Å². The van der Waals surface area contributed by atoms with Crippen LogP contribution in [-0.4, -0.2) is 34.9 Å². The lowest BCUT2D eigenvalue weighted by atomic mass is 10.0. The molecule has 1 saturated heterocycles. The van der Waals surface area contributed by atoms with Crippen molar-refractivity contribution in [1.82, 2.24) is 15.3 Å². The van der Waals surface area contributed by atoms with E-state index in [1.165, 1.54) is 0 Å². The second kappa shape index (κ2) is 8.83. The van der Waals surface area contributed by atoms with Crippen LogP contribution >= 0.6 is 11.3 Å². The Labute approximate surface area is 180 Å². The quantitative estimate of drug-likeness (QED) is 0.609. The molecule has 3 aromatic rings. The van der Waals surface area contributed by atoms with Crippen LogP contribution in [0.4, 0.5) is 5.69 Å². The van der Waals surface area contributed by atoms with Crippen molar-refractivity contribution < 1.29 is 9.59 Å². The number of aryl methyl sites for hydroxylation is 2. The molecule has 1 unspecified atom stereocenters. The van der Waals surface area contributed by atoms with Gasteiger partial charge in [-0.2, -0.15) is 0 Å². The van der Waals surface area contributed by atoms with Crippen molar-refractivity contribution in [1.29, 1.82) is 0 Å². The van der Waals surface area contributed by atoms with E-state index in [9.17, 15) is 9.59 Å². The summed E-state index contributed by atoms with van der Waals surface area (Å²) in [4.78, 5) is 35.9. The molecule has 0 radical (unpaired) electrons. The molecular weight excluding hydrogens is 396 g/mol. The minimum absolute atomic E-state index is 0.0210. The molecule has 3 heterocycles. The molecule has 30 heavy (non-hydrogen) atoms. The highest BCUT2D eigenvalue weighted by Crippen LogP contribution is 2.31. The summed E-state index contributed by atoms with van der Waals surface area (Å²) >= 11 is 1.64. The van der Waals surface area contributed by atoms with Crippen molar-refractivity contribution in [3.8, 4) is 10.6 Å².